The van der Waals surface area contributed by atoms with Gasteiger partial charge in [0.2, 0.25) is 0 Å². The van der Waals surface area contributed by atoms with Gasteiger partial charge in [-0.3, -0.25) is 0 Å². The number of nitrogens with one attached hydrogen (secondary N) is 1. The van der Waals surface area contributed by atoms with E-state index in [9.17, 15) is 5.11 Å². The number of fused-ring (bicyclic) bond motifs is 1. The summed E-state index contributed by atoms with van der Waals surface area (Å²) in [5, 5.41) is 12.3. The summed E-state index contributed by atoms with van der Waals surface area (Å²) in [6, 6.07) is 0.649. The summed E-state index contributed by atoms with van der Waals surface area (Å²) < 4.78 is 0. The predicted octanol–water partition coefficient (Wildman–Crippen LogP) is 1.29. The maximum atomic E-state index is 10.2. The lowest BCUT2D eigenvalue weighted by Gasteiger charge is -2.44. The van der Waals surface area contributed by atoms with Crippen LogP contribution < -0.4 is 5.43 Å². The van der Waals surface area contributed by atoms with Gasteiger partial charge in [-0.1, -0.05) is 12.8 Å². The minimum absolute atomic E-state index is 0.259. The fourth-order valence-corrected chi connectivity index (χ4v) is 4.39. The van der Waals surface area contributed by atoms with E-state index in [4.69, 9.17) is 0 Å². The lowest BCUT2D eigenvalue weighted by molar-refractivity contribution is 0.0275. The average molecular weight is 251 g/mol. The van der Waals surface area contributed by atoms with Gasteiger partial charge < -0.3 is 15.0 Å². The summed E-state index contributed by atoms with van der Waals surface area (Å²) in [4.78, 5) is 2.51. The molecular weight excluding hydrogens is 226 g/mol. The molecule has 1 saturated carbocycles. The summed E-state index contributed by atoms with van der Waals surface area (Å²) in [5.74, 6) is 0. The van der Waals surface area contributed by atoms with Gasteiger partial charge in [-0.15, -0.1) is 0 Å². The normalized spacial score (nSPS) is 45.2. The molecule has 0 aromatic heterocycles. The zero-order chi connectivity index (χ0) is 13.0. The number of hydrogen-bond donors (Lipinski definition) is 2. The first-order valence-corrected chi connectivity index (χ1v) is 7.12. The number of likely N-dealkylation sites (tertiary alicyclic amines) is 1. The molecule has 2 heterocycles. The second kappa shape index (κ2) is 3.95. The molecular formula is C14H25N3O. The number of nitrogens with zero attached hydrogens (tertiary/aromatic N) is 2. The first-order chi connectivity index (χ1) is 8.45. The van der Waals surface area contributed by atoms with Gasteiger partial charge in [0.1, 0.15) is 0 Å². The van der Waals surface area contributed by atoms with Crippen LogP contribution in [0.1, 0.15) is 39.0 Å². The molecule has 0 bridgehead atoms. The molecule has 0 spiro atoms. The van der Waals surface area contributed by atoms with Crippen LogP contribution in [0.4, 0.5) is 0 Å². The summed E-state index contributed by atoms with van der Waals surface area (Å²) in [6.07, 6.45) is 8.47. The van der Waals surface area contributed by atoms with Crippen LogP contribution in [0.2, 0.25) is 0 Å². The molecule has 0 radical (unpaired) electrons. The van der Waals surface area contributed by atoms with Gasteiger partial charge in [0.05, 0.1) is 0 Å². The van der Waals surface area contributed by atoms with Crippen LogP contribution in [0.3, 0.4) is 0 Å². The van der Waals surface area contributed by atoms with E-state index < -0.39 is 5.72 Å². The van der Waals surface area contributed by atoms with Crippen molar-refractivity contribution < 1.29 is 5.11 Å². The van der Waals surface area contributed by atoms with E-state index in [1.54, 1.807) is 0 Å². The lowest BCUT2D eigenvalue weighted by atomic mass is 9.68. The van der Waals surface area contributed by atoms with Crippen LogP contribution in [0.15, 0.2) is 11.8 Å². The van der Waals surface area contributed by atoms with E-state index in [2.05, 4.69) is 22.4 Å². The van der Waals surface area contributed by atoms with Gasteiger partial charge in [-0.05, 0) is 45.9 Å². The molecule has 18 heavy (non-hydrogen) atoms. The minimum Gasteiger partial charge on any atom is -0.371 e. The number of hydrazine groups is 1. The highest BCUT2D eigenvalue weighted by molar-refractivity contribution is 5.26. The Morgan fingerprint density at radius 1 is 1.33 bits per heavy atom. The van der Waals surface area contributed by atoms with E-state index in [0.29, 0.717) is 6.04 Å². The molecule has 3 aliphatic rings. The van der Waals surface area contributed by atoms with Gasteiger partial charge in [0.15, 0.2) is 5.72 Å². The predicted molar refractivity (Wildman–Crippen MR) is 71.5 cm³/mol. The Morgan fingerprint density at radius 2 is 2.11 bits per heavy atom. The van der Waals surface area contributed by atoms with Crippen molar-refractivity contribution in [1.29, 1.82) is 0 Å². The Morgan fingerprint density at radius 3 is 2.78 bits per heavy atom. The summed E-state index contributed by atoms with van der Waals surface area (Å²) in [7, 11) is 4.28. The highest BCUT2D eigenvalue weighted by Crippen LogP contribution is 2.52. The molecule has 1 saturated heterocycles. The molecule has 3 rings (SSSR count). The van der Waals surface area contributed by atoms with Crippen molar-refractivity contribution >= 4 is 0 Å². The standard InChI is InChI=1S/C14H25N3O/c1-13(18)10-12(17(3)15-13)14-7-5-4-6-11(14)16(2)9-8-14/h10-11,15,18H,4-9H2,1-3H3. The second-order valence-electron chi connectivity index (χ2n) is 6.50. The number of rotatable bonds is 1. The van der Waals surface area contributed by atoms with Crippen LogP contribution in [-0.4, -0.2) is 47.4 Å². The first-order valence-electron chi connectivity index (χ1n) is 7.12. The molecule has 1 aliphatic carbocycles. The zero-order valence-electron chi connectivity index (χ0n) is 11.7. The quantitative estimate of drug-likeness (QED) is 0.737. The van der Waals surface area contributed by atoms with Crippen molar-refractivity contribution in [2.75, 3.05) is 20.6 Å². The third kappa shape index (κ3) is 1.70. The van der Waals surface area contributed by atoms with Gasteiger partial charge >= 0.3 is 0 Å². The fraction of sp³-hybridized carbons (Fsp3) is 0.857. The van der Waals surface area contributed by atoms with E-state index >= 15 is 0 Å². The first kappa shape index (κ1) is 12.5. The van der Waals surface area contributed by atoms with Gasteiger partial charge in [0.25, 0.3) is 0 Å². The molecule has 0 aromatic rings. The molecule has 2 aliphatic heterocycles. The maximum Gasteiger partial charge on any atom is 0.150 e. The van der Waals surface area contributed by atoms with E-state index in [-0.39, 0.29) is 5.41 Å². The highest BCUT2D eigenvalue weighted by Gasteiger charge is 2.52. The molecule has 4 nitrogen and oxygen atoms in total. The maximum absolute atomic E-state index is 10.2. The third-order valence-electron chi connectivity index (χ3n) is 5.11. The number of aliphatic hydroxyl groups is 1. The van der Waals surface area contributed by atoms with E-state index in [0.717, 1.165) is 0 Å². The van der Waals surface area contributed by atoms with Crippen LogP contribution in [0.5, 0.6) is 0 Å². The summed E-state index contributed by atoms with van der Waals surface area (Å²) in [5.41, 5.74) is 3.82. The molecule has 2 N–H and O–H groups in total. The van der Waals surface area contributed by atoms with Crippen molar-refractivity contribution in [1.82, 2.24) is 15.3 Å². The van der Waals surface area contributed by atoms with Crippen molar-refractivity contribution in [2.24, 2.45) is 5.41 Å². The van der Waals surface area contributed by atoms with Crippen LogP contribution in [-0.2, 0) is 0 Å². The lowest BCUT2D eigenvalue weighted by Crippen LogP contribution is -2.48. The van der Waals surface area contributed by atoms with Crippen molar-refractivity contribution in [3.8, 4) is 0 Å². The molecule has 102 valence electrons. The van der Waals surface area contributed by atoms with E-state index in [1.807, 2.05) is 20.0 Å². The topological polar surface area (TPSA) is 38.7 Å². The molecule has 4 heteroatoms. The summed E-state index contributed by atoms with van der Waals surface area (Å²) in [6.45, 7) is 3.00. The minimum atomic E-state index is -0.887. The van der Waals surface area contributed by atoms with Gasteiger partial charge in [0, 0.05) is 24.2 Å². The fourth-order valence-electron chi connectivity index (χ4n) is 4.39. The Kier molecular flexibility index (Phi) is 2.74. The van der Waals surface area contributed by atoms with Crippen LogP contribution >= 0.6 is 0 Å². The Hall–Kier alpha value is -0.580. The van der Waals surface area contributed by atoms with Crippen molar-refractivity contribution in [2.45, 2.75) is 50.8 Å². The highest BCUT2D eigenvalue weighted by atomic mass is 16.3. The zero-order valence-corrected chi connectivity index (χ0v) is 11.7. The van der Waals surface area contributed by atoms with E-state index in [1.165, 1.54) is 44.3 Å². The SMILES string of the molecule is CN1NC(C)(O)C=C1C12CCCCC1N(C)CC2. The average Bonchev–Trinajstić information content (AvgIpc) is 2.78. The third-order valence-corrected chi connectivity index (χ3v) is 5.11. The largest absolute Gasteiger partial charge is 0.371 e. The van der Waals surface area contributed by atoms with Crippen LogP contribution in [0, 0.1) is 5.41 Å². The molecule has 0 amide bonds. The smallest absolute Gasteiger partial charge is 0.150 e. The van der Waals surface area contributed by atoms with Gasteiger partial charge in [-0.2, -0.15) is 0 Å². The van der Waals surface area contributed by atoms with Crippen molar-refractivity contribution in [3.05, 3.63) is 11.8 Å². The Labute approximate surface area is 110 Å². The molecule has 0 aromatic carbocycles. The Balaban J connectivity index is 1.98. The Bertz CT molecular complexity index is 375. The monoisotopic (exact) mass is 251 g/mol. The molecule has 2 fully saturated rings. The summed E-state index contributed by atoms with van der Waals surface area (Å²) >= 11 is 0. The van der Waals surface area contributed by atoms with Crippen LogP contribution in [0.25, 0.3) is 0 Å². The second-order valence-corrected chi connectivity index (χ2v) is 6.50. The molecule has 3 atom stereocenters. The van der Waals surface area contributed by atoms with Crippen molar-refractivity contribution in [3.63, 3.8) is 0 Å². The number of hydrogen-bond acceptors (Lipinski definition) is 4. The van der Waals surface area contributed by atoms with Gasteiger partial charge in [-0.25, -0.2) is 5.43 Å². The molecule has 3 unspecified atom stereocenters.